The molecule has 1 amide bonds. The molecule has 2 rings (SSSR count). The first kappa shape index (κ1) is 17.3. The van der Waals surface area contributed by atoms with Gasteiger partial charge in [-0.25, -0.2) is 4.79 Å². The van der Waals surface area contributed by atoms with Gasteiger partial charge in [0.2, 0.25) is 0 Å². The van der Waals surface area contributed by atoms with Gasteiger partial charge in [-0.3, -0.25) is 4.79 Å². The fourth-order valence-electron chi connectivity index (χ4n) is 2.10. The monoisotopic (exact) mass is 325 g/mol. The molecule has 5 nitrogen and oxygen atoms in total. The zero-order valence-electron chi connectivity index (χ0n) is 13.6. The highest BCUT2D eigenvalue weighted by Crippen LogP contribution is 2.25. The molecule has 0 aromatic heterocycles. The summed E-state index contributed by atoms with van der Waals surface area (Å²) in [6.45, 7) is -0.328. The lowest BCUT2D eigenvalue weighted by molar-refractivity contribution is -0.142. The molecule has 0 aliphatic carbocycles. The van der Waals surface area contributed by atoms with E-state index in [0.717, 1.165) is 5.56 Å². The maximum absolute atomic E-state index is 12.5. The van der Waals surface area contributed by atoms with Crippen LogP contribution in [0.25, 0.3) is 11.6 Å². The Hall–Kier alpha value is -3.08. The van der Waals surface area contributed by atoms with Gasteiger partial charge in [0.25, 0.3) is 5.91 Å². The fraction of sp³-hybridized carbons (Fsp3) is 0.158. The third kappa shape index (κ3) is 4.46. The minimum Gasteiger partial charge on any atom is -0.496 e. The van der Waals surface area contributed by atoms with Crippen molar-refractivity contribution in [1.29, 1.82) is 0 Å². The number of carbonyl (C=O) groups excluding carboxylic acids is 2. The number of methoxy groups -OCH3 is 1. The normalized spacial score (nSPS) is 10.8. The highest BCUT2D eigenvalue weighted by Gasteiger charge is 2.16. The molecule has 1 N–H and O–H groups in total. The summed E-state index contributed by atoms with van der Waals surface area (Å²) in [6.07, 6.45) is 1.69. The van der Waals surface area contributed by atoms with Crippen LogP contribution in [0.3, 0.4) is 0 Å². The van der Waals surface area contributed by atoms with Gasteiger partial charge >= 0.3 is 5.97 Å². The Morgan fingerprint density at radius 1 is 1.04 bits per heavy atom. The second-order valence-electron chi connectivity index (χ2n) is 4.92. The zero-order chi connectivity index (χ0) is 17.4. The van der Waals surface area contributed by atoms with E-state index in [9.17, 15) is 9.59 Å². The second kappa shape index (κ2) is 8.53. The molecule has 0 aliphatic heterocycles. The maximum atomic E-state index is 12.5. The van der Waals surface area contributed by atoms with Crippen LogP contribution in [0.15, 0.2) is 54.6 Å². The van der Waals surface area contributed by atoms with Crippen LogP contribution in [0.1, 0.15) is 11.1 Å². The summed E-state index contributed by atoms with van der Waals surface area (Å²) in [5, 5.41) is 2.41. The van der Waals surface area contributed by atoms with E-state index in [4.69, 9.17) is 9.47 Å². The topological polar surface area (TPSA) is 64.6 Å². The quantitative estimate of drug-likeness (QED) is 0.503. The minimum atomic E-state index is -0.573. The molecule has 0 saturated heterocycles. The number of nitrogens with one attached hydrogen (secondary N) is 1. The molecule has 0 bridgehead atoms. The van der Waals surface area contributed by atoms with Gasteiger partial charge in [0.05, 0.1) is 12.7 Å². The molecule has 124 valence electrons. The van der Waals surface area contributed by atoms with Crippen LogP contribution in [-0.4, -0.2) is 32.6 Å². The van der Waals surface area contributed by atoms with Gasteiger partial charge in [0.1, 0.15) is 5.75 Å². The fourth-order valence-corrected chi connectivity index (χ4v) is 2.10. The molecule has 0 spiro atoms. The van der Waals surface area contributed by atoms with E-state index >= 15 is 0 Å². The number of amides is 1. The maximum Gasteiger partial charge on any atom is 0.339 e. The predicted octanol–water partition coefficient (Wildman–Crippen LogP) is 2.53. The highest BCUT2D eigenvalue weighted by atomic mass is 16.5. The molecule has 0 atom stereocenters. The predicted molar refractivity (Wildman–Crippen MR) is 92.3 cm³/mol. The summed E-state index contributed by atoms with van der Waals surface area (Å²) in [5.41, 5.74) is 1.80. The van der Waals surface area contributed by atoms with E-state index < -0.39 is 5.97 Å². The zero-order valence-corrected chi connectivity index (χ0v) is 13.6. The van der Waals surface area contributed by atoms with Crippen molar-refractivity contribution in [2.24, 2.45) is 0 Å². The number of esters is 1. The van der Waals surface area contributed by atoms with Gasteiger partial charge in [-0.1, -0.05) is 48.5 Å². The van der Waals surface area contributed by atoms with Gasteiger partial charge < -0.3 is 14.8 Å². The number of hydrogen-bond donors (Lipinski definition) is 1. The van der Waals surface area contributed by atoms with Crippen LogP contribution < -0.4 is 10.1 Å². The minimum absolute atomic E-state index is 0.328. The molecule has 0 heterocycles. The molecule has 0 radical (unpaired) electrons. The van der Waals surface area contributed by atoms with Gasteiger partial charge in [-0.05, 0) is 17.7 Å². The van der Waals surface area contributed by atoms with E-state index in [-0.39, 0.29) is 12.5 Å². The Bertz CT molecular complexity index is 738. The second-order valence-corrected chi connectivity index (χ2v) is 4.92. The van der Waals surface area contributed by atoms with Crippen molar-refractivity contribution in [3.8, 4) is 5.75 Å². The summed E-state index contributed by atoms with van der Waals surface area (Å²) in [6, 6.07) is 16.5. The average Bonchev–Trinajstić information content (AvgIpc) is 2.64. The van der Waals surface area contributed by atoms with Crippen LogP contribution in [0, 0.1) is 0 Å². The van der Waals surface area contributed by atoms with Crippen molar-refractivity contribution in [2.45, 2.75) is 0 Å². The third-order valence-electron chi connectivity index (χ3n) is 3.36. The summed E-state index contributed by atoms with van der Waals surface area (Å²) in [4.78, 5) is 23.8. The van der Waals surface area contributed by atoms with E-state index in [1.54, 1.807) is 13.2 Å². The molecule has 2 aromatic rings. The van der Waals surface area contributed by atoms with Crippen molar-refractivity contribution in [1.82, 2.24) is 5.32 Å². The summed E-state index contributed by atoms with van der Waals surface area (Å²) in [5.74, 6) is -0.297. The summed E-state index contributed by atoms with van der Waals surface area (Å²) < 4.78 is 10.4. The lowest BCUT2D eigenvalue weighted by atomic mass is 10.0. The Morgan fingerprint density at radius 3 is 2.38 bits per heavy atom. The lowest BCUT2D eigenvalue weighted by Crippen LogP contribution is -2.25. The first-order valence-electron chi connectivity index (χ1n) is 7.43. The van der Waals surface area contributed by atoms with E-state index in [2.05, 4.69) is 5.32 Å². The Morgan fingerprint density at radius 2 is 1.71 bits per heavy atom. The van der Waals surface area contributed by atoms with Crippen LogP contribution in [0.5, 0.6) is 5.75 Å². The molecule has 0 saturated carbocycles. The number of carbonyl (C=O) groups is 2. The first-order chi connectivity index (χ1) is 11.7. The highest BCUT2D eigenvalue weighted by molar-refractivity contribution is 6.22. The van der Waals surface area contributed by atoms with Crippen LogP contribution in [0.4, 0.5) is 0 Å². The van der Waals surface area contributed by atoms with Crippen molar-refractivity contribution in [3.63, 3.8) is 0 Å². The third-order valence-corrected chi connectivity index (χ3v) is 3.36. The van der Waals surface area contributed by atoms with Crippen molar-refractivity contribution in [3.05, 3.63) is 65.7 Å². The molecule has 0 fully saturated rings. The summed E-state index contributed by atoms with van der Waals surface area (Å²) in [7, 11) is 3.05. The first-order valence-corrected chi connectivity index (χ1v) is 7.43. The molecule has 2 aromatic carbocycles. The Labute approximate surface area is 140 Å². The van der Waals surface area contributed by atoms with E-state index in [1.165, 1.54) is 7.05 Å². The Kier molecular flexibility index (Phi) is 6.14. The average molecular weight is 325 g/mol. The van der Waals surface area contributed by atoms with Crippen molar-refractivity contribution >= 4 is 23.5 Å². The van der Waals surface area contributed by atoms with Crippen molar-refractivity contribution in [2.75, 3.05) is 20.8 Å². The van der Waals surface area contributed by atoms with Crippen molar-refractivity contribution < 1.29 is 19.1 Å². The smallest absolute Gasteiger partial charge is 0.339 e. The molecule has 24 heavy (non-hydrogen) atoms. The Balaban J connectivity index is 2.38. The van der Waals surface area contributed by atoms with Gasteiger partial charge in [-0.2, -0.15) is 0 Å². The van der Waals surface area contributed by atoms with Crippen LogP contribution in [0.2, 0.25) is 0 Å². The number of benzene rings is 2. The van der Waals surface area contributed by atoms with Gasteiger partial charge in [0, 0.05) is 12.6 Å². The summed E-state index contributed by atoms with van der Waals surface area (Å²) >= 11 is 0. The van der Waals surface area contributed by atoms with Crippen LogP contribution >= 0.6 is 0 Å². The van der Waals surface area contributed by atoms with Crippen LogP contribution in [-0.2, 0) is 14.3 Å². The van der Waals surface area contributed by atoms with Gasteiger partial charge in [-0.15, -0.1) is 0 Å². The van der Waals surface area contributed by atoms with E-state index in [1.807, 2.05) is 54.6 Å². The standard InChI is InChI=1S/C19H19NO4/c1-20-18(21)13-24-19(22)16(14-8-4-3-5-9-14)12-15-10-6-7-11-17(15)23-2/h3-12H,13H2,1-2H3,(H,20,21)/b16-12+. The number of likely N-dealkylation sites (N-methyl/N-ethyl adjacent to an activating group) is 1. The molecule has 0 unspecified atom stereocenters. The number of rotatable bonds is 6. The lowest BCUT2D eigenvalue weighted by Gasteiger charge is -2.10. The largest absolute Gasteiger partial charge is 0.496 e. The molecule has 5 heteroatoms. The number of para-hydroxylation sites is 1. The molecular formula is C19H19NO4. The van der Waals surface area contributed by atoms with Gasteiger partial charge in [0.15, 0.2) is 6.61 Å². The number of ether oxygens (including phenoxy) is 2. The SMILES string of the molecule is CNC(=O)COC(=O)/C(=C/c1ccccc1OC)c1ccccc1. The molecule has 0 aliphatic rings. The molecular weight excluding hydrogens is 306 g/mol. The number of hydrogen-bond acceptors (Lipinski definition) is 4. The van der Waals surface area contributed by atoms with E-state index in [0.29, 0.717) is 16.9 Å².